The minimum atomic E-state index is -0.796. The molecule has 1 N–H and O–H groups in total. The van der Waals surface area contributed by atoms with Crippen LogP contribution in [0.25, 0.3) is 0 Å². The molecule has 0 aliphatic carbocycles. The third-order valence-electron chi connectivity index (χ3n) is 7.42. The third-order valence-corrected chi connectivity index (χ3v) is 7.42. The first-order valence-corrected chi connectivity index (χ1v) is 18.6. The highest BCUT2D eigenvalue weighted by Crippen LogP contribution is 2.10. The van der Waals surface area contributed by atoms with Gasteiger partial charge in [0, 0.05) is 12.8 Å². The molecule has 0 fully saturated rings. The number of aliphatic hydroxyl groups excluding tert-OH is 1. The van der Waals surface area contributed by atoms with E-state index in [1.807, 2.05) is 0 Å². The molecule has 0 spiro atoms. The number of aliphatic hydroxyl groups is 1. The number of ether oxygens (including phenoxy) is 2. The summed E-state index contributed by atoms with van der Waals surface area (Å²) in [5, 5.41) is 9.53. The first-order chi connectivity index (χ1) is 23.1. The van der Waals surface area contributed by atoms with E-state index in [2.05, 4.69) is 98.9 Å². The van der Waals surface area contributed by atoms with Crippen LogP contribution in [0.15, 0.2) is 85.1 Å². The van der Waals surface area contributed by atoms with Crippen LogP contribution in [-0.4, -0.2) is 36.4 Å². The summed E-state index contributed by atoms with van der Waals surface area (Å²) in [7, 11) is 0. The summed E-state index contributed by atoms with van der Waals surface area (Å²) in [6, 6.07) is 0. The van der Waals surface area contributed by atoms with Crippen molar-refractivity contribution in [3.8, 4) is 0 Å². The molecule has 0 aromatic heterocycles. The summed E-state index contributed by atoms with van der Waals surface area (Å²) in [5.74, 6) is -0.655. The van der Waals surface area contributed by atoms with Gasteiger partial charge in [0.05, 0.1) is 6.61 Å². The number of esters is 2. The van der Waals surface area contributed by atoms with Gasteiger partial charge in [0.1, 0.15) is 6.61 Å². The van der Waals surface area contributed by atoms with Gasteiger partial charge in [0.25, 0.3) is 0 Å². The number of carbonyl (C=O) groups is 2. The second-order valence-corrected chi connectivity index (χ2v) is 11.9. The van der Waals surface area contributed by atoms with E-state index < -0.39 is 6.10 Å². The monoisotopic (exact) mass is 653 g/mol. The van der Waals surface area contributed by atoms with Crippen LogP contribution in [0.5, 0.6) is 0 Å². The topological polar surface area (TPSA) is 72.8 Å². The Bertz CT molecular complexity index is 921. The summed E-state index contributed by atoms with van der Waals surface area (Å²) in [5.41, 5.74) is 0. The van der Waals surface area contributed by atoms with Crippen molar-refractivity contribution >= 4 is 11.9 Å². The molecule has 266 valence electrons. The lowest BCUT2D eigenvalue weighted by atomic mass is 10.1. The lowest BCUT2D eigenvalue weighted by Gasteiger charge is -2.15. The SMILES string of the molecule is CC/C=C/C/C=C/C/C=C/C/C=C/C/C=C/CCCCCC(=O)OC[C@H](CO)OC(=O)CCCCCCC/C=C/C/C=C/CCCC. The zero-order valence-corrected chi connectivity index (χ0v) is 30.0. The van der Waals surface area contributed by atoms with Crippen LogP contribution in [0.2, 0.25) is 0 Å². The Balaban J connectivity index is 3.70. The van der Waals surface area contributed by atoms with E-state index in [1.54, 1.807) is 0 Å². The minimum Gasteiger partial charge on any atom is -0.462 e. The Kier molecular flexibility index (Phi) is 35.2. The van der Waals surface area contributed by atoms with E-state index in [0.717, 1.165) is 96.3 Å². The Morgan fingerprint density at radius 3 is 1.40 bits per heavy atom. The van der Waals surface area contributed by atoms with E-state index in [4.69, 9.17) is 9.47 Å². The van der Waals surface area contributed by atoms with Crippen molar-refractivity contribution < 1.29 is 24.2 Å². The maximum Gasteiger partial charge on any atom is 0.306 e. The number of rotatable bonds is 32. The normalized spacial score (nSPS) is 13.2. The number of hydrogen-bond donors (Lipinski definition) is 1. The summed E-state index contributed by atoms with van der Waals surface area (Å²) >= 11 is 0. The van der Waals surface area contributed by atoms with Crippen LogP contribution >= 0.6 is 0 Å². The molecule has 47 heavy (non-hydrogen) atoms. The quantitative estimate of drug-likeness (QED) is 0.0445. The van der Waals surface area contributed by atoms with Crippen molar-refractivity contribution in [1.29, 1.82) is 0 Å². The Morgan fingerprint density at radius 2 is 0.915 bits per heavy atom. The molecule has 0 unspecified atom stereocenters. The molecule has 0 aromatic carbocycles. The maximum atomic E-state index is 12.1. The average Bonchev–Trinajstić information content (AvgIpc) is 3.07. The molecule has 0 amide bonds. The molecular weight excluding hydrogens is 584 g/mol. The highest BCUT2D eigenvalue weighted by molar-refractivity contribution is 5.70. The third kappa shape index (κ3) is 35.8. The molecule has 0 aliphatic heterocycles. The van der Waals surface area contributed by atoms with Crippen molar-refractivity contribution in [2.24, 2.45) is 0 Å². The molecule has 5 heteroatoms. The zero-order chi connectivity index (χ0) is 34.3. The van der Waals surface area contributed by atoms with Crippen LogP contribution in [0.4, 0.5) is 0 Å². The first-order valence-electron chi connectivity index (χ1n) is 18.6. The van der Waals surface area contributed by atoms with E-state index >= 15 is 0 Å². The molecule has 0 saturated heterocycles. The molecule has 0 rings (SSSR count). The van der Waals surface area contributed by atoms with E-state index in [1.165, 1.54) is 25.7 Å². The Labute approximate surface area is 288 Å². The highest BCUT2D eigenvalue weighted by atomic mass is 16.6. The lowest BCUT2D eigenvalue weighted by Crippen LogP contribution is -2.28. The first kappa shape index (κ1) is 44.1. The molecule has 0 saturated carbocycles. The smallest absolute Gasteiger partial charge is 0.306 e. The van der Waals surface area contributed by atoms with E-state index in [-0.39, 0.29) is 25.2 Å². The number of unbranched alkanes of at least 4 members (excludes halogenated alkanes) is 10. The zero-order valence-electron chi connectivity index (χ0n) is 30.0. The lowest BCUT2D eigenvalue weighted by molar-refractivity contribution is -0.161. The van der Waals surface area contributed by atoms with Gasteiger partial charge < -0.3 is 14.6 Å². The van der Waals surface area contributed by atoms with Crippen molar-refractivity contribution in [2.75, 3.05) is 13.2 Å². The van der Waals surface area contributed by atoms with Gasteiger partial charge in [-0.15, -0.1) is 0 Å². The second kappa shape index (κ2) is 37.5. The van der Waals surface area contributed by atoms with Gasteiger partial charge in [0.2, 0.25) is 0 Å². The average molecular weight is 653 g/mol. The summed E-state index contributed by atoms with van der Waals surface area (Å²) < 4.78 is 10.6. The Morgan fingerprint density at radius 1 is 0.511 bits per heavy atom. The summed E-state index contributed by atoms with van der Waals surface area (Å²) in [6.45, 7) is 3.92. The van der Waals surface area contributed by atoms with Crippen LogP contribution in [0.1, 0.15) is 149 Å². The van der Waals surface area contributed by atoms with Gasteiger partial charge in [-0.2, -0.15) is 0 Å². The summed E-state index contributed by atoms with van der Waals surface area (Å²) in [4.78, 5) is 24.2. The molecule has 0 radical (unpaired) electrons. The standard InChI is InChI=1S/C42H68O5/c1-3-5-7-9-11-13-15-17-19-20-21-22-23-25-26-28-30-32-34-36-41(44)46-39-40(38-43)47-42(45)37-35-33-31-29-27-24-18-16-14-12-10-8-6-4-2/h5,7,10-13,16-19,21-22,25-26,40,43H,3-4,6,8-9,14-15,20,23-24,27-39H2,1-2H3/b7-5+,12-10+,13-11+,18-16+,19-17+,22-21+,26-25+/t40-/m0/s1. The van der Waals surface area contributed by atoms with Gasteiger partial charge in [0.15, 0.2) is 6.10 Å². The summed E-state index contributed by atoms with van der Waals surface area (Å²) in [6.07, 6.45) is 50.6. The molecule has 0 aromatic rings. The van der Waals surface area contributed by atoms with Crippen LogP contribution in [0, 0.1) is 0 Å². The molecule has 5 nitrogen and oxygen atoms in total. The number of hydrogen-bond acceptors (Lipinski definition) is 5. The van der Waals surface area contributed by atoms with Crippen molar-refractivity contribution in [3.05, 3.63) is 85.1 Å². The van der Waals surface area contributed by atoms with Crippen LogP contribution in [0.3, 0.4) is 0 Å². The number of carbonyl (C=O) groups excluding carboxylic acids is 2. The predicted octanol–water partition coefficient (Wildman–Crippen LogP) is 11.6. The fourth-order valence-electron chi connectivity index (χ4n) is 4.59. The molecule has 0 bridgehead atoms. The van der Waals surface area contributed by atoms with Gasteiger partial charge in [-0.3, -0.25) is 9.59 Å². The number of allylic oxidation sites excluding steroid dienone is 14. The van der Waals surface area contributed by atoms with Crippen LogP contribution in [-0.2, 0) is 19.1 Å². The largest absolute Gasteiger partial charge is 0.462 e. The Hall–Kier alpha value is -2.92. The molecule has 0 heterocycles. The van der Waals surface area contributed by atoms with Crippen molar-refractivity contribution in [2.45, 2.75) is 155 Å². The molecule has 0 aliphatic rings. The fourth-order valence-corrected chi connectivity index (χ4v) is 4.59. The van der Waals surface area contributed by atoms with E-state index in [9.17, 15) is 14.7 Å². The van der Waals surface area contributed by atoms with Gasteiger partial charge >= 0.3 is 11.9 Å². The predicted molar refractivity (Wildman–Crippen MR) is 200 cm³/mol. The molecular formula is C42H68O5. The van der Waals surface area contributed by atoms with E-state index in [0.29, 0.717) is 12.8 Å². The van der Waals surface area contributed by atoms with Crippen LogP contribution < -0.4 is 0 Å². The highest BCUT2D eigenvalue weighted by Gasteiger charge is 2.16. The second-order valence-electron chi connectivity index (χ2n) is 11.9. The van der Waals surface area contributed by atoms with Crippen molar-refractivity contribution in [3.63, 3.8) is 0 Å². The molecule has 1 atom stereocenters. The van der Waals surface area contributed by atoms with Gasteiger partial charge in [-0.25, -0.2) is 0 Å². The minimum absolute atomic E-state index is 0.0941. The van der Waals surface area contributed by atoms with Gasteiger partial charge in [-0.1, -0.05) is 137 Å². The fraction of sp³-hybridized carbons (Fsp3) is 0.619. The van der Waals surface area contributed by atoms with Gasteiger partial charge in [-0.05, 0) is 83.5 Å². The maximum absolute atomic E-state index is 12.1. The van der Waals surface area contributed by atoms with Crippen molar-refractivity contribution in [1.82, 2.24) is 0 Å².